The molecule has 1 atom stereocenters. The van der Waals surface area contributed by atoms with Crippen LogP contribution >= 0.6 is 0 Å². The fourth-order valence-corrected chi connectivity index (χ4v) is 2.93. The van der Waals surface area contributed by atoms with Gasteiger partial charge in [0.15, 0.2) is 0 Å². The lowest BCUT2D eigenvalue weighted by Gasteiger charge is -2.13. The molecular formula is C18H23N3O. The number of amides is 1. The smallest absolute Gasteiger partial charge is 0.255 e. The van der Waals surface area contributed by atoms with Crippen molar-refractivity contribution in [3.05, 3.63) is 52.8 Å². The van der Waals surface area contributed by atoms with E-state index in [2.05, 4.69) is 29.5 Å². The summed E-state index contributed by atoms with van der Waals surface area (Å²) < 4.78 is 1.92. The minimum atomic E-state index is 0.00807. The second kappa shape index (κ2) is 5.95. The predicted octanol–water partition coefficient (Wildman–Crippen LogP) is 3.08. The van der Waals surface area contributed by atoms with Gasteiger partial charge >= 0.3 is 0 Å². The van der Waals surface area contributed by atoms with Crippen LogP contribution in [0, 0.1) is 19.8 Å². The Balaban J connectivity index is 1.78. The Hall–Kier alpha value is -2.10. The van der Waals surface area contributed by atoms with Crippen LogP contribution in [-0.4, -0.2) is 21.7 Å². The fraction of sp³-hybridized carbons (Fsp3) is 0.444. The molecule has 116 valence electrons. The number of aryl methyl sites for hydroxylation is 1. The quantitative estimate of drug-likeness (QED) is 0.922. The zero-order valence-corrected chi connectivity index (χ0v) is 13.5. The summed E-state index contributed by atoms with van der Waals surface area (Å²) in [6, 6.07) is 10.4. The van der Waals surface area contributed by atoms with Crippen LogP contribution in [0.15, 0.2) is 30.3 Å². The molecule has 1 aromatic carbocycles. The number of hydrogen-bond donors (Lipinski definition) is 1. The van der Waals surface area contributed by atoms with E-state index >= 15 is 0 Å². The highest BCUT2D eigenvalue weighted by atomic mass is 16.1. The lowest BCUT2D eigenvalue weighted by Crippen LogP contribution is -2.34. The van der Waals surface area contributed by atoms with Crippen LogP contribution in [0.1, 0.15) is 47.1 Å². The summed E-state index contributed by atoms with van der Waals surface area (Å²) in [4.78, 5) is 12.5. The van der Waals surface area contributed by atoms with Crippen LogP contribution in [0.2, 0.25) is 0 Å². The first-order valence-electron chi connectivity index (χ1n) is 7.95. The third-order valence-electron chi connectivity index (χ3n) is 4.47. The normalized spacial score (nSPS) is 15.6. The molecule has 4 nitrogen and oxygen atoms in total. The number of benzene rings is 1. The van der Waals surface area contributed by atoms with Crippen molar-refractivity contribution < 1.29 is 4.79 Å². The van der Waals surface area contributed by atoms with Crippen LogP contribution in [0.5, 0.6) is 0 Å². The van der Waals surface area contributed by atoms with E-state index in [0.29, 0.717) is 12.5 Å². The molecule has 0 bridgehead atoms. The number of rotatable bonds is 5. The lowest BCUT2D eigenvalue weighted by atomic mass is 10.1. The van der Waals surface area contributed by atoms with Crippen molar-refractivity contribution >= 4 is 5.91 Å². The highest BCUT2D eigenvalue weighted by Gasteiger charge is 2.30. The maximum Gasteiger partial charge on any atom is 0.255 e. The molecule has 0 spiro atoms. The standard InChI is InChI=1S/C18H23N3O/c1-12(16-9-10-16)19-18(22)17-13(2)20-21(14(17)3)11-15-7-5-4-6-8-15/h4-8,12,16H,9-11H2,1-3H3,(H,19,22). The number of carbonyl (C=O) groups is 1. The summed E-state index contributed by atoms with van der Waals surface area (Å²) >= 11 is 0. The second-order valence-electron chi connectivity index (χ2n) is 6.29. The summed E-state index contributed by atoms with van der Waals surface area (Å²) in [6.45, 7) is 6.67. The summed E-state index contributed by atoms with van der Waals surface area (Å²) in [6.07, 6.45) is 2.46. The van der Waals surface area contributed by atoms with E-state index < -0.39 is 0 Å². The van der Waals surface area contributed by atoms with Crippen molar-refractivity contribution in [3.8, 4) is 0 Å². The van der Waals surface area contributed by atoms with Crippen molar-refractivity contribution in [3.63, 3.8) is 0 Å². The van der Waals surface area contributed by atoms with Crippen LogP contribution in [0.3, 0.4) is 0 Å². The van der Waals surface area contributed by atoms with E-state index in [9.17, 15) is 4.79 Å². The zero-order chi connectivity index (χ0) is 15.7. The first-order chi connectivity index (χ1) is 10.6. The maximum absolute atomic E-state index is 12.5. The topological polar surface area (TPSA) is 46.9 Å². The average molecular weight is 297 g/mol. The molecule has 1 amide bonds. The Morgan fingerprint density at radius 1 is 1.32 bits per heavy atom. The average Bonchev–Trinajstić information content (AvgIpc) is 3.28. The number of carbonyl (C=O) groups excluding carboxylic acids is 1. The zero-order valence-electron chi connectivity index (χ0n) is 13.5. The first kappa shape index (κ1) is 14.8. The summed E-state index contributed by atoms with van der Waals surface area (Å²) in [5, 5.41) is 7.67. The van der Waals surface area contributed by atoms with Gasteiger partial charge in [-0.3, -0.25) is 9.48 Å². The SMILES string of the molecule is Cc1nn(Cc2ccccc2)c(C)c1C(=O)NC(C)C1CC1. The van der Waals surface area contributed by atoms with E-state index in [1.54, 1.807) is 0 Å². The van der Waals surface area contributed by atoms with Gasteiger partial charge in [-0.15, -0.1) is 0 Å². The highest BCUT2D eigenvalue weighted by molar-refractivity contribution is 5.96. The number of nitrogens with one attached hydrogen (secondary N) is 1. The number of aromatic nitrogens is 2. The van der Waals surface area contributed by atoms with Crippen molar-refractivity contribution in [1.29, 1.82) is 0 Å². The molecule has 1 aliphatic rings. The van der Waals surface area contributed by atoms with Crippen molar-refractivity contribution in [2.24, 2.45) is 5.92 Å². The van der Waals surface area contributed by atoms with Gasteiger partial charge in [-0.2, -0.15) is 5.10 Å². The molecule has 1 aromatic heterocycles. The molecular weight excluding hydrogens is 274 g/mol. The maximum atomic E-state index is 12.5. The van der Waals surface area contributed by atoms with E-state index in [-0.39, 0.29) is 11.9 Å². The molecule has 0 aliphatic heterocycles. The molecule has 4 heteroatoms. The van der Waals surface area contributed by atoms with Crippen LogP contribution in [0.25, 0.3) is 0 Å². The Morgan fingerprint density at radius 3 is 2.64 bits per heavy atom. The van der Waals surface area contributed by atoms with Gasteiger partial charge in [0, 0.05) is 11.7 Å². The predicted molar refractivity (Wildman–Crippen MR) is 86.9 cm³/mol. The molecule has 1 saturated carbocycles. The molecule has 1 fully saturated rings. The Morgan fingerprint density at radius 2 is 2.00 bits per heavy atom. The van der Waals surface area contributed by atoms with E-state index in [1.165, 1.54) is 18.4 Å². The second-order valence-corrected chi connectivity index (χ2v) is 6.29. The van der Waals surface area contributed by atoms with Crippen LogP contribution < -0.4 is 5.32 Å². The van der Waals surface area contributed by atoms with Crippen LogP contribution in [-0.2, 0) is 6.54 Å². The molecule has 2 aromatic rings. The van der Waals surface area contributed by atoms with Crippen molar-refractivity contribution in [1.82, 2.24) is 15.1 Å². The number of hydrogen-bond acceptors (Lipinski definition) is 2. The van der Waals surface area contributed by atoms with Gasteiger partial charge in [-0.25, -0.2) is 0 Å². The van der Waals surface area contributed by atoms with Gasteiger partial charge < -0.3 is 5.32 Å². The molecule has 1 heterocycles. The fourth-order valence-electron chi connectivity index (χ4n) is 2.93. The van der Waals surface area contributed by atoms with Gasteiger partial charge in [0.2, 0.25) is 0 Å². The summed E-state index contributed by atoms with van der Waals surface area (Å²) in [5.74, 6) is 0.664. The third kappa shape index (κ3) is 3.06. The van der Waals surface area contributed by atoms with Gasteiger partial charge in [-0.05, 0) is 45.1 Å². The van der Waals surface area contributed by atoms with Gasteiger partial charge in [0.05, 0.1) is 17.8 Å². The Bertz CT molecular complexity index is 671. The molecule has 1 aliphatic carbocycles. The third-order valence-corrected chi connectivity index (χ3v) is 4.47. The monoisotopic (exact) mass is 297 g/mol. The lowest BCUT2D eigenvalue weighted by molar-refractivity contribution is 0.0934. The molecule has 0 radical (unpaired) electrons. The van der Waals surface area contributed by atoms with Gasteiger partial charge in [0.1, 0.15) is 0 Å². The van der Waals surface area contributed by atoms with E-state index in [1.807, 2.05) is 36.7 Å². The summed E-state index contributed by atoms with van der Waals surface area (Å²) in [5.41, 5.74) is 3.64. The van der Waals surface area contributed by atoms with Gasteiger partial charge in [0.25, 0.3) is 5.91 Å². The Labute approximate surface area is 131 Å². The molecule has 3 rings (SSSR count). The van der Waals surface area contributed by atoms with E-state index in [4.69, 9.17) is 0 Å². The molecule has 1 unspecified atom stereocenters. The Kier molecular flexibility index (Phi) is 4.01. The van der Waals surface area contributed by atoms with E-state index in [0.717, 1.165) is 17.0 Å². The first-order valence-corrected chi connectivity index (χ1v) is 7.95. The molecule has 22 heavy (non-hydrogen) atoms. The minimum Gasteiger partial charge on any atom is -0.349 e. The molecule has 1 N–H and O–H groups in total. The molecule has 0 saturated heterocycles. The van der Waals surface area contributed by atoms with Crippen molar-refractivity contribution in [2.75, 3.05) is 0 Å². The minimum absolute atomic E-state index is 0.00807. The van der Waals surface area contributed by atoms with Crippen LogP contribution in [0.4, 0.5) is 0 Å². The largest absolute Gasteiger partial charge is 0.349 e. The number of nitrogens with zero attached hydrogens (tertiary/aromatic N) is 2. The highest BCUT2D eigenvalue weighted by Crippen LogP contribution is 2.32. The van der Waals surface area contributed by atoms with Gasteiger partial charge in [-0.1, -0.05) is 30.3 Å². The summed E-state index contributed by atoms with van der Waals surface area (Å²) in [7, 11) is 0. The van der Waals surface area contributed by atoms with Crippen molar-refractivity contribution in [2.45, 2.75) is 46.2 Å².